The molecule has 0 rings (SSSR count). The average Bonchev–Trinajstić information content (AvgIpc) is 0. The quantitative estimate of drug-likeness (QED) is 0.330. The van der Waals surface area contributed by atoms with Crippen LogP contribution < -0.4 is 57.5 Å². The minimum Gasteiger partial charge on any atom is -0.344 e. The van der Waals surface area contributed by atoms with Gasteiger partial charge in [-0.25, -0.2) is 0 Å². The molecule has 8 valence electrons. The summed E-state index contributed by atoms with van der Waals surface area (Å²) in [5.41, 5.74) is 0. The first-order chi connectivity index (χ1) is 0. The third-order valence-corrected chi connectivity index (χ3v) is 0. The van der Waals surface area contributed by atoms with Gasteiger partial charge in [-0.1, -0.05) is 0 Å². The van der Waals surface area contributed by atoms with Gasteiger partial charge in [-0.3, -0.25) is 0 Å². The van der Waals surface area contributed by atoms with E-state index >= 15 is 0 Å². The molecular weight excluding hydrogens is 117 g/mol. The van der Waals surface area contributed by atoms with Gasteiger partial charge < -0.3 is 6.15 Å². The maximum atomic E-state index is 0. The van der Waals surface area contributed by atoms with E-state index in [4.69, 9.17) is 0 Å². The third kappa shape index (κ3) is 9.16. The van der Waals surface area contributed by atoms with Crippen LogP contribution in [0, 0.1) is 0 Å². The van der Waals surface area contributed by atoms with Gasteiger partial charge in [0.15, 0.2) is 0 Å². The van der Waals surface area contributed by atoms with Crippen molar-refractivity contribution < 1.29 is 51.4 Å². The van der Waals surface area contributed by atoms with E-state index in [0.717, 1.165) is 0 Å². The van der Waals surface area contributed by atoms with Crippen molar-refractivity contribution in [3.05, 3.63) is 0 Å². The Morgan fingerprint density at radius 3 is 1.00 bits per heavy atom. The van der Waals surface area contributed by atoms with Crippen LogP contribution in [0.25, 0.3) is 0 Å². The molecule has 4 heteroatoms. The molecule has 0 aliphatic heterocycles. The van der Waals surface area contributed by atoms with Crippen LogP contribution in [-0.4, -0.2) is 60.8 Å². The fraction of sp³-hybridized carbons (Fsp3) is 0. The smallest absolute Gasteiger partial charge is 0.344 e. The van der Waals surface area contributed by atoms with Crippen molar-refractivity contribution in [2.75, 3.05) is 0 Å². The van der Waals surface area contributed by atoms with Gasteiger partial charge >= 0.3 is 112 Å². The first-order valence-corrected chi connectivity index (χ1v) is 0. The zero-order chi connectivity index (χ0) is 0. The van der Waals surface area contributed by atoms with E-state index in [9.17, 15) is 0 Å². The Bertz CT molecular complexity index is 8.00. The summed E-state index contributed by atoms with van der Waals surface area (Å²) < 4.78 is 0. The van der Waals surface area contributed by atoms with Crippen molar-refractivity contribution in [3.8, 4) is 0 Å². The van der Waals surface area contributed by atoms with Crippen molar-refractivity contribution in [1.82, 2.24) is 6.15 Å². The summed E-state index contributed by atoms with van der Waals surface area (Å²) in [5, 5.41) is 0. The molecule has 1 nitrogen and oxygen atoms in total. The molecular formula is H3CaKMgN+5. The van der Waals surface area contributed by atoms with Gasteiger partial charge in [0.05, 0.1) is 0 Å². The molecule has 0 bridgehead atoms. The monoisotopic (exact) mass is 120 g/mol. The molecule has 0 heterocycles. The Kier molecular flexibility index (Phi) is 102. The normalized spacial score (nSPS) is 0. The fourth-order valence-corrected chi connectivity index (χ4v) is 0. The molecule has 0 aliphatic carbocycles. The fourth-order valence-electron chi connectivity index (χ4n) is 0. The van der Waals surface area contributed by atoms with Gasteiger partial charge in [0, 0.05) is 0 Å². The SMILES string of the molecule is N.[Ca+2].[K+].[Mg+2]. The van der Waals surface area contributed by atoms with E-state index in [1.807, 2.05) is 0 Å². The van der Waals surface area contributed by atoms with Gasteiger partial charge in [-0.05, 0) is 0 Å². The van der Waals surface area contributed by atoms with Crippen LogP contribution in [-0.2, 0) is 0 Å². The van der Waals surface area contributed by atoms with E-state index < -0.39 is 0 Å². The second-order valence-electron chi connectivity index (χ2n) is 0. The predicted octanol–water partition coefficient (Wildman–Crippen LogP) is -3.60. The molecule has 0 spiro atoms. The molecule has 0 saturated carbocycles. The second kappa shape index (κ2) is 16.0. The average molecular weight is 121 g/mol. The maximum absolute atomic E-state index is 0. The topological polar surface area (TPSA) is 35.0 Å². The number of hydrogen-bond acceptors (Lipinski definition) is 1. The van der Waals surface area contributed by atoms with E-state index in [1.54, 1.807) is 0 Å². The Morgan fingerprint density at radius 1 is 1.00 bits per heavy atom. The number of hydrogen-bond donors (Lipinski definition) is 1. The summed E-state index contributed by atoms with van der Waals surface area (Å²) in [6, 6.07) is 0. The predicted molar refractivity (Wildman–Crippen MR) is 16.5 cm³/mol. The molecule has 0 fully saturated rings. The standard InChI is InChI=1S/Ca.K.Mg.H3N/h;;;1H3/q+2;+1;+2;. The van der Waals surface area contributed by atoms with Crippen molar-refractivity contribution in [1.29, 1.82) is 0 Å². The van der Waals surface area contributed by atoms with Crippen LogP contribution in [0.15, 0.2) is 0 Å². The van der Waals surface area contributed by atoms with Crippen LogP contribution in [0.5, 0.6) is 0 Å². The second-order valence-corrected chi connectivity index (χ2v) is 0. The molecule has 3 N–H and O–H groups in total. The summed E-state index contributed by atoms with van der Waals surface area (Å²) in [4.78, 5) is 0. The number of rotatable bonds is 0. The summed E-state index contributed by atoms with van der Waals surface area (Å²) in [6.45, 7) is 0. The van der Waals surface area contributed by atoms with Gasteiger partial charge in [-0.2, -0.15) is 0 Å². The Morgan fingerprint density at radius 2 is 1.00 bits per heavy atom. The van der Waals surface area contributed by atoms with Gasteiger partial charge in [0.25, 0.3) is 0 Å². The molecule has 0 aromatic rings. The molecule has 0 aromatic heterocycles. The van der Waals surface area contributed by atoms with Crippen LogP contribution in [0.1, 0.15) is 0 Å². The molecule has 4 heavy (non-hydrogen) atoms. The van der Waals surface area contributed by atoms with E-state index in [-0.39, 0.29) is 118 Å². The first-order valence-electron chi connectivity index (χ1n) is 0. The summed E-state index contributed by atoms with van der Waals surface area (Å²) in [6.07, 6.45) is 0. The largest absolute Gasteiger partial charge is 2.00 e. The van der Waals surface area contributed by atoms with Crippen LogP contribution >= 0.6 is 0 Å². The van der Waals surface area contributed by atoms with E-state index in [2.05, 4.69) is 0 Å². The van der Waals surface area contributed by atoms with E-state index in [1.165, 1.54) is 0 Å². The molecule has 0 unspecified atom stereocenters. The molecule has 0 amide bonds. The van der Waals surface area contributed by atoms with Gasteiger partial charge in [-0.15, -0.1) is 0 Å². The van der Waals surface area contributed by atoms with Gasteiger partial charge in [0.1, 0.15) is 0 Å². The Hall–Kier alpha value is 3.62. The van der Waals surface area contributed by atoms with Crippen molar-refractivity contribution >= 4 is 60.8 Å². The van der Waals surface area contributed by atoms with E-state index in [0.29, 0.717) is 0 Å². The van der Waals surface area contributed by atoms with Crippen molar-refractivity contribution in [2.24, 2.45) is 0 Å². The third-order valence-electron chi connectivity index (χ3n) is 0. The molecule has 0 saturated heterocycles. The molecule has 0 aromatic carbocycles. The maximum Gasteiger partial charge on any atom is 2.00 e. The zero-order valence-electron chi connectivity index (χ0n) is 3.12. The van der Waals surface area contributed by atoms with Crippen LogP contribution in [0.2, 0.25) is 0 Å². The Balaban J connectivity index is 0. The summed E-state index contributed by atoms with van der Waals surface area (Å²) >= 11 is 0. The minimum absolute atomic E-state index is 0. The van der Waals surface area contributed by atoms with Crippen LogP contribution in [0.3, 0.4) is 0 Å². The zero-order valence-corrected chi connectivity index (χ0v) is 9.87. The minimum atomic E-state index is 0. The van der Waals surface area contributed by atoms with Crippen molar-refractivity contribution in [2.45, 2.75) is 0 Å². The molecule has 0 atom stereocenters. The van der Waals surface area contributed by atoms with Gasteiger partial charge in [0.2, 0.25) is 0 Å². The molecule has 0 radical (unpaired) electrons. The summed E-state index contributed by atoms with van der Waals surface area (Å²) in [5.74, 6) is 0. The molecule has 0 aliphatic rings. The van der Waals surface area contributed by atoms with Crippen molar-refractivity contribution in [3.63, 3.8) is 0 Å². The Labute approximate surface area is 115 Å². The first kappa shape index (κ1) is 25.5. The summed E-state index contributed by atoms with van der Waals surface area (Å²) in [7, 11) is 0. The van der Waals surface area contributed by atoms with Crippen LogP contribution in [0.4, 0.5) is 0 Å².